The molecule has 0 unspecified atom stereocenters. The maximum absolute atomic E-state index is 4.97. The van der Waals surface area contributed by atoms with Gasteiger partial charge < -0.3 is 0 Å². The molecular weight excluding hydrogens is 69.7 g/mol. The Balaban J connectivity index is 0. The van der Waals surface area contributed by atoms with Crippen LogP contribution < -0.4 is 0 Å². The normalized spacial score (nSPS) is 5.17. The summed E-state index contributed by atoms with van der Waals surface area (Å²) in [5.41, 5.74) is 0. The van der Waals surface area contributed by atoms with E-state index in [0.29, 0.717) is 6.22 Å². The summed E-state index contributed by atoms with van der Waals surface area (Å²) in [5, 5.41) is 0. The van der Waals surface area contributed by atoms with Crippen molar-refractivity contribution in [1.82, 2.24) is 0 Å². The van der Waals surface area contributed by atoms with Gasteiger partial charge in [-0.05, 0) is 0 Å². The fraction of sp³-hybridized carbons (Fsp3) is 1.00. The third-order valence-electron chi connectivity index (χ3n) is 0.236. The van der Waals surface area contributed by atoms with Crippen molar-refractivity contribution in [3.8, 4) is 0 Å². The SMILES string of the molecule is CC.[B]C[B]C. The quantitative estimate of drug-likeness (QED) is 0.417. The largest absolute Gasteiger partial charge is 0.114 e. The smallest absolute Gasteiger partial charge is 0.0959 e. The molecule has 0 heterocycles. The maximum atomic E-state index is 4.97. The molecule has 0 aromatic carbocycles. The molecule has 0 N–H and O–H groups in total. The standard InChI is InChI=1S/C2H5B2.C2H6/c1-4-2-3;1-2/h2H2,1H3;1-2H3. The van der Waals surface area contributed by atoms with Crippen LogP contribution in [0, 0.1) is 0 Å². The summed E-state index contributed by atoms with van der Waals surface area (Å²) in [6.45, 7) is 5.93. The van der Waals surface area contributed by atoms with Gasteiger partial charge in [0.05, 0.1) is 15.1 Å². The van der Waals surface area contributed by atoms with Gasteiger partial charge in [0.1, 0.15) is 0 Å². The summed E-state index contributed by atoms with van der Waals surface area (Å²) in [7, 11) is 6.88. The molecule has 0 aliphatic rings. The highest BCUT2D eigenvalue weighted by atomic mass is 13.1. The van der Waals surface area contributed by atoms with Crippen molar-refractivity contribution >= 4 is 15.1 Å². The van der Waals surface area contributed by atoms with Gasteiger partial charge >= 0.3 is 0 Å². The second-order valence-electron chi connectivity index (χ2n) is 0.644. The first-order valence-corrected chi connectivity index (χ1v) is 2.39. The molecule has 0 saturated heterocycles. The Morgan fingerprint density at radius 1 is 1.50 bits per heavy atom. The highest BCUT2D eigenvalue weighted by molar-refractivity contribution is 6.45. The van der Waals surface area contributed by atoms with Crippen LogP contribution in [0.25, 0.3) is 0 Å². The van der Waals surface area contributed by atoms with E-state index in [-0.39, 0.29) is 0 Å². The van der Waals surface area contributed by atoms with E-state index in [1.165, 1.54) is 0 Å². The fourth-order valence-electron chi connectivity index (χ4n) is 0. The van der Waals surface area contributed by atoms with Gasteiger partial charge in [0.25, 0.3) is 0 Å². The lowest BCUT2D eigenvalue weighted by molar-refractivity contribution is 1.50. The van der Waals surface area contributed by atoms with E-state index in [1.54, 1.807) is 0 Å². The van der Waals surface area contributed by atoms with Crippen LogP contribution in [0.3, 0.4) is 0 Å². The average Bonchev–Trinajstić information content (AvgIpc) is 1.72. The third-order valence-corrected chi connectivity index (χ3v) is 0.236. The highest BCUT2D eigenvalue weighted by Crippen LogP contribution is 1.56. The van der Waals surface area contributed by atoms with E-state index >= 15 is 0 Å². The second kappa shape index (κ2) is 19.3. The molecule has 0 aliphatic heterocycles. The topological polar surface area (TPSA) is 0 Å². The van der Waals surface area contributed by atoms with Crippen LogP contribution in [0.1, 0.15) is 13.8 Å². The Kier molecular flexibility index (Phi) is 30.4. The highest BCUT2D eigenvalue weighted by Gasteiger charge is 1.61. The Labute approximate surface area is 43.0 Å². The Morgan fingerprint density at radius 3 is 1.67 bits per heavy atom. The minimum Gasteiger partial charge on any atom is -0.114 e. The first kappa shape index (κ1) is 9.46. The zero-order chi connectivity index (χ0) is 5.41. The summed E-state index contributed by atoms with van der Waals surface area (Å²) < 4.78 is 0. The molecule has 0 aliphatic carbocycles. The van der Waals surface area contributed by atoms with Crippen molar-refractivity contribution < 1.29 is 0 Å². The molecule has 0 spiro atoms. The number of hydrogen-bond acceptors (Lipinski definition) is 0. The zero-order valence-corrected chi connectivity index (χ0v) is 4.86. The van der Waals surface area contributed by atoms with Gasteiger partial charge in [-0.15, -0.1) is 6.22 Å². The van der Waals surface area contributed by atoms with Crippen LogP contribution in [0.15, 0.2) is 0 Å². The third kappa shape index (κ3) is 31.7. The molecule has 0 aromatic heterocycles. The molecule has 0 atom stereocenters. The van der Waals surface area contributed by atoms with Crippen LogP contribution in [-0.4, -0.2) is 15.1 Å². The van der Waals surface area contributed by atoms with Crippen molar-refractivity contribution in [2.75, 3.05) is 0 Å². The summed E-state index contributed by atoms with van der Waals surface area (Å²) in [6, 6.07) is 0. The van der Waals surface area contributed by atoms with Gasteiger partial charge in [-0.2, -0.15) is 0 Å². The molecule has 0 fully saturated rings. The van der Waals surface area contributed by atoms with E-state index in [1.807, 2.05) is 28.0 Å². The van der Waals surface area contributed by atoms with Gasteiger partial charge in [0.15, 0.2) is 0 Å². The molecule has 3 radical (unpaired) electrons. The molecule has 0 amide bonds. The fourth-order valence-corrected chi connectivity index (χ4v) is 0. The lowest BCUT2D eigenvalue weighted by Crippen LogP contribution is -1.73. The zero-order valence-electron chi connectivity index (χ0n) is 4.86. The van der Waals surface area contributed by atoms with Gasteiger partial charge in [-0.3, -0.25) is 0 Å². The van der Waals surface area contributed by atoms with E-state index < -0.39 is 0 Å². The number of hydrogen-bond donors (Lipinski definition) is 0. The van der Waals surface area contributed by atoms with Gasteiger partial charge in [0.2, 0.25) is 0 Å². The average molecular weight is 80.8 g/mol. The molecule has 0 rings (SSSR count). The van der Waals surface area contributed by atoms with Crippen LogP contribution in [-0.2, 0) is 0 Å². The molecule has 33 valence electrons. The predicted octanol–water partition coefficient (Wildman–Crippen LogP) is 1.31. The van der Waals surface area contributed by atoms with Gasteiger partial charge in [-0.25, -0.2) is 0 Å². The molecule has 2 heteroatoms. The van der Waals surface area contributed by atoms with Gasteiger partial charge in [0, 0.05) is 0 Å². The Bertz CT molecular complexity index is 7.51. The van der Waals surface area contributed by atoms with Crippen LogP contribution in [0.2, 0.25) is 13.0 Å². The monoisotopic (exact) mass is 81.1 g/mol. The predicted molar refractivity (Wildman–Crippen MR) is 33.5 cm³/mol. The second-order valence-corrected chi connectivity index (χ2v) is 0.644. The first-order valence-electron chi connectivity index (χ1n) is 2.39. The van der Waals surface area contributed by atoms with E-state index in [2.05, 4.69) is 0 Å². The van der Waals surface area contributed by atoms with E-state index in [9.17, 15) is 0 Å². The minimum absolute atomic E-state index is 0.694. The van der Waals surface area contributed by atoms with Crippen molar-refractivity contribution in [1.29, 1.82) is 0 Å². The van der Waals surface area contributed by atoms with Crippen LogP contribution in [0.5, 0.6) is 0 Å². The summed E-state index contributed by atoms with van der Waals surface area (Å²) in [5.74, 6) is 0. The van der Waals surface area contributed by atoms with Crippen LogP contribution >= 0.6 is 0 Å². The molecule has 0 saturated carbocycles. The first-order chi connectivity index (χ1) is 2.91. The molecule has 0 aromatic rings. The van der Waals surface area contributed by atoms with Crippen molar-refractivity contribution in [2.45, 2.75) is 26.9 Å². The Morgan fingerprint density at radius 2 is 1.67 bits per heavy atom. The van der Waals surface area contributed by atoms with Crippen molar-refractivity contribution in [3.63, 3.8) is 0 Å². The van der Waals surface area contributed by atoms with Gasteiger partial charge in [-0.1, -0.05) is 20.7 Å². The maximum Gasteiger partial charge on any atom is 0.0959 e. The lowest BCUT2D eigenvalue weighted by atomic mass is 9.69. The minimum atomic E-state index is 0.694. The summed E-state index contributed by atoms with van der Waals surface area (Å²) >= 11 is 0. The van der Waals surface area contributed by atoms with E-state index in [4.69, 9.17) is 7.85 Å². The molecule has 0 bridgehead atoms. The molecule has 6 heavy (non-hydrogen) atoms. The van der Waals surface area contributed by atoms with Crippen molar-refractivity contribution in [3.05, 3.63) is 0 Å². The van der Waals surface area contributed by atoms with Crippen molar-refractivity contribution in [2.24, 2.45) is 0 Å². The molecule has 0 nitrogen and oxygen atoms in total. The lowest BCUT2D eigenvalue weighted by Gasteiger charge is -1.63. The van der Waals surface area contributed by atoms with E-state index in [0.717, 1.165) is 0 Å². The molecular formula is C4H11B2. The Hall–Kier alpha value is 0.130. The summed E-state index contributed by atoms with van der Waals surface area (Å²) in [4.78, 5) is 0. The number of rotatable bonds is 1. The summed E-state index contributed by atoms with van der Waals surface area (Å²) in [6.07, 6.45) is 0.694. The van der Waals surface area contributed by atoms with Crippen LogP contribution in [0.4, 0.5) is 0 Å².